The zero-order valence-electron chi connectivity index (χ0n) is 22.8. The highest BCUT2D eigenvalue weighted by Gasteiger charge is 2.26. The number of nitrogens with one attached hydrogen (secondary N) is 2. The first kappa shape index (κ1) is 31.4. The summed E-state index contributed by atoms with van der Waals surface area (Å²) in [6, 6.07) is 19.5. The summed E-state index contributed by atoms with van der Waals surface area (Å²) >= 11 is 1.66. The minimum Gasteiger partial charge on any atom is -0.463 e. The van der Waals surface area contributed by atoms with Crippen LogP contribution < -0.4 is 10.6 Å². The number of hydrogen-bond acceptors (Lipinski definition) is 7. The number of cyclic esters (lactones) is 1. The standard InChI is InChI=1S/C31H40N2O6S/c34-16-18-38-17-15-32-29(35)20-26-13-7-8-14-27(19-24-9-3-1-4-10-24)31(37)39-21-28(33-30(26)36)23-40-22-25-11-5-2-6-12-25/h1-12,26-28,34H,13-23H2,(H,32,35)(H,33,36)/t26-,27+,28-/m1/s1. The number of rotatable bonds is 13. The van der Waals surface area contributed by atoms with Crippen LogP contribution in [0.3, 0.4) is 0 Å². The third-order valence-electron chi connectivity index (χ3n) is 6.48. The SMILES string of the molecule is O=C(C[C@H]1CC=CC[C@@H](Cc2ccccc2)C(=O)OC[C@H](CSCc2ccccc2)NC1=O)NCCOCCO. The van der Waals surface area contributed by atoms with E-state index < -0.39 is 5.92 Å². The van der Waals surface area contributed by atoms with E-state index in [4.69, 9.17) is 14.6 Å². The number of esters is 1. The van der Waals surface area contributed by atoms with Crippen LogP contribution in [0.25, 0.3) is 0 Å². The van der Waals surface area contributed by atoms with Crippen LogP contribution in [0.4, 0.5) is 0 Å². The molecule has 0 aromatic heterocycles. The summed E-state index contributed by atoms with van der Waals surface area (Å²) in [6.45, 7) is 0.805. The monoisotopic (exact) mass is 568 g/mol. The summed E-state index contributed by atoms with van der Waals surface area (Å²) in [6.07, 6.45) is 5.26. The Kier molecular flexibility index (Phi) is 14.3. The Hall–Kier alpha value is -3.14. The molecule has 2 amide bonds. The molecule has 3 atom stereocenters. The van der Waals surface area contributed by atoms with E-state index in [2.05, 4.69) is 22.8 Å². The molecule has 0 saturated heterocycles. The molecule has 0 fully saturated rings. The highest BCUT2D eigenvalue weighted by molar-refractivity contribution is 7.98. The van der Waals surface area contributed by atoms with Gasteiger partial charge >= 0.3 is 5.97 Å². The van der Waals surface area contributed by atoms with Gasteiger partial charge in [0.2, 0.25) is 11.8 Å². The van der Waals surface area contributed by atoms with Gasteiger partial charge in [0.05, 0.1) is 37.7 Å². The molecule has 3 rings (SSSR count). The largest absolute Gasteiger partial charge is 0.463 e. The number of thioether (sulfide) groups is 1. The van der Waals surface area contributed by atoms with Crippen LogP contribution in [0, 0.1) is 11.8 Å². The predicted octanol–water partition coefficient (Wildman–Crippen LogP) is 3.29. The van der Waals surface area contributed by atoms with E-state index in [1.165, 1.54) is 5.56 Å². The van der Waals surface area contributed by atoms with Gasteiger partial charge in [0.15, 0.2) is 0 Å². The quantitative estimate of drug-likeness (QED) is 0.193. The van der Waals surface area contributed by atoms with Gasteiger partial charge in [-0.1, -0.05) is 72.8 Å². The van der Waals surface area contributed by atoms with Crippen molar-refractivity contribution in [2.45, 2.75) is 37.5 Å². The van der Waals surface area contributed by atoms with Crippen molar-refractivity contribution in [1.29, 1.82) is 0 Å². The Morgan fingerprint density at radius 3 is 2.35 bits per heavy atom. The Morgan fingerprint density at radius 1 is 0.975 bits per heavy atom. The summed E-state index contributed by atoms with van der Waals surface area (Å²) in [7, 11) is 0. The maximum atomic E-state index is 13.3. The zero-order valence-corrected chi connectivity index (χ0v) is 23.7. The number of aliphatic hydroxyl groups is 1. The Balaban J connectivity index is 1.67. The van der Waals surface area contributed by atoms with E-state index in [1.54, 1.807) is 11.8 Å². The van der Waals surface area contributed by atoms with Crippen LogP contribution in [0.1, 0.15) is 30.4 Å². The number of carbonyl (C=O) groups is 3. The first-order valence-corrected chi connectivity index (χ1v) is 14.9. The van der Waals surface area contributed by atoms with Crippen LogP contribution >= 0.6 is 11.8 Å². The van der Waals surface area contributed by atoms with Crippen molar-refractivity contribution in [3.8, 4) is 0 Å². The van der Waals surface area contributed by atoms with Gasteiger partial charge in [0.25, 0.3) is 0 Å². The van der Waals surface area contributed by atoms with Crippen LogP contribution in [-0.4, -0.2) is 67.7 Å². The minimum absolute atomic E-state index is 0.0350. The van der Waals surface area contributed by atoms with Gasteiger partial charge in [-0.2, -0.15) is 11.8 Å². The molecule has 0 saturated carbocycles. The molecule has 3 N–H and O–H groups in total. The van der Waals surface area contributed by atoms with Gasteiger partial charge in [0, 0.05) is 24.5 Å². The molecule has 1 heterocycles. The Bertz CT molecular complexity index is 1070. The van der Waals surface area contributed by atoms with Crippen molar-refractivity contribution in [3.63, 3.8) is 0 Å². The first-order chi connectivity index (χ1) is 19.5. The second-order valence-corrected chi connectivity index (χ2v) is 10.8. The van der Waals surface area contributed by atoms with Gasteiger partial charge in [-0.15, -0.1) is 0 Å². The molecule has 2 aromatic rings. The number of amides is 2. The fraction of sp³-hybridized carbons (Fsp3) is 0.452. The summed E-state index contributed by atoms with van der Waals surface area (Å²) in [5.74, 6) is -0.318. The second kappa shape index (κ2) is 18.3. The molecule has 1 aliphatic heterocycles. The van der Waals surface area contributed by atoms with Crippen LogP contribution in [-0.2, 0) is 36.0 Å². The molecule has 0 radical (unpaired) electrons. The molecule has 0 aliphatic carbocycles. The molecule has 0 unspecified atom stereocenters. The van der Waals surface area contributed by atoms with E-state index in [0.717, 1.165) is 11.3 Å². The average Bonchev–Trinajstić information content (AvgIpc) is 2.97. The molecule has 1 aliphatic rings. The molecule has 216 valence electrons. The Labute approximate surface area is 240 Å². The van der Waals surface area contributed by atoms with Crippen molar-refractivity contribution in [2.24, 2.45) is 11.8 Å². The molecule has 40 heavy (non-hydrogen) atoms. The highest BCUT2D eigenvalue weighted by Crippen LogP contribution is 2.19. The van der Waals surface area contributed by atoms with Crippen LogP contribution in [0.5, 0.6) is 0 Å². The van der Waals surface area contributed by atoms with Crippen LogP contribution in [0.2, 0.25) is 0 Å². The number of allylic oxidation sites excluding steroid dienone is 2. The summed E-state index contributed by atoms with van der Waals surface area (Å²) in [5.41, 5.74) is 2.24. The molecule has 0 spiro atoms. The van der Waals surface area contributed by atoms with E-state index in [1.807, 2.05) is 60.7 Å². The van der Waals surface area contributed by atoms with Crippen molar-refractivity contribution in [3.05, 3.63) is 83.9 Å². The van der Waals surface area contributed by atoms with Gasteiger partial charge < -0.3 is 25.2 Å². The lowest BCUT2D eigenvalue weighted by Gasteiger charge is -2.24. The molecule has 0 bridgehead atoms. The lowest BCUT2D eigenvalue weighted by atomic mass is 9.94. The molecule has 2 aromatic carbocycles. The molecule has 8 nitrogen and oxygen atoms in total. The van der Waals surface area contributed by atoms with E-state index >= 15 is 0 Å². The lowest BCUT2D eigenvalue weighted by molar-refractivity contribution is -0.149. The number of benzene rings is 2. The van der Waals surface area contributed by atoms with Crippen molar-refractivity contribution in [2.75, 3.05) is 38.7 Å². The number of carbonyl (C=O) groups excluding carboxylic acids is 3. The summed E-state index contributed by atoms with van der Waals surface area (Å²) < 4.78 is 10.9. The fourth-order valence-electron chi connectivity index (χ4n) is 4.34. The van der Waals surface area contributed by atoms with Gasteiger partial charge in [-0.05, 0) is 30.4 Å². The third kappa shape index (κ3) is 11.9. The Morgan fingerprint density at radius 2 is 1.65 bits per heavy atom. The highest BCUT2D eigenvalue weighted by atomic mass is 32.2. The fourth-order valence-corrected chi connectivity index (χ4v) is 5.35. The molecular formula is C31H40N2O6S. The van der Waals surface area contributed by atoms with Crippen LogP contribution in [0.15, 0.2) is 72.8 Å². The average molecular weight is 569 g/mol. The number of hydrogen-bond donors (Lipinski definition) is 3. The maximum Gasteiger partial charge on any atom is 0.309 e. The molecular weight excluding hydrogens is 528 g/mol. The van der Waals surface area contributed by atoms with E-state index in [0.29, 0.717) is 31.6 Å². The third-order valence-corrected chi connectivity index (χ3v) is 7.65. The van der Waals surface area contributed by atoms with Gasteiger partial charge in [0.1, 0.15) is 6.61 Å². The first-order valence-electron chi connectivity index (χ1n) is 13.8. The lowest BCUT2D eigenvalue weighted by Crippen LogP contribution is -2.45. The van der Waals surface area contributed by atoms with Crippen molar-refractivity contribution >= 4 is 29.5 Å². The van der Waals surface area contributed by atoms with Crippen molar-refractivity contribution in [1.82, 2.24) is 10.6 Å². The normalized spacial score (nSPS) is 20.1. The van der Waals surface area contributed by atoms with Crippen molar-refractivity contribution < 1.29 is 29.0 Å². The molecule has 9 heteroatoms. The van der Waals surface area contributed by atoms with Gasteiger partial charge in [-0.3, -0.25) is 14.4 Å². The van der Waals surface area contributed by atoms with E-state index in [-0.39, 0.29) is 62.6 Å². The number of aliphatic hydroxyl groups excluding tert-OH is 1. The summed E-state index contributed by atoms with van der Waals surface area (Å²) in [5, 5.41) is 14.6. The number of ether oxygens (including phenoxy) is 2. The second-order valence-electron chi connectivity index (χ2n) is 9.75. The summed E-state index contributed by atoms with van der Waals surface area (Å²) in [4.78, 5) is 38.9. The topological polar surface area (TPSA) is 114 Å². The maximum absolute atomic E-state index is 13.3. The predicted molar refractivity (Wildman–Crippen MR) is 157 cm³/mol. The zero-order chi connectivity index (χ0) is 28.4. The minimum atomic E-state index is -0.557. The smallest absolute Gasteiger partial charge is 0.309 e. The van der Waals surface area contributed by atoms with E-state index in [9.17, 15) is 14.4 Å². The van der Waals surface area contributed by atoms with Gasteiger partial charge in [-0.25, -0.2) is 0 Å².